The Labute approximate surface area is 123 Å². The molecule has 1 aromatic rings. The maximum atomic E-state index is 5.26. The first-order valence-corrected chi connectivity index (χ1v) is 8.09. The zero-order valence-electron chi connectivity index (χ0n) is 13.4. The third-order valence-corrected chi connectivity index (χ3v) is 4.77. The van der Waals surface area contributed by atoms with Crippen LogP contribution >= 0.6 is 0 Å². The largest absolute Gasteiger partial charge is 0.497 e. The van der Waals surface area contributed by atoms with Gasteiger partial charge in [-0.05, 0) is 49.3 Å². The Balaban J connectivity index is 2.06. The molecule has 1 fully saturated rings. The zero-order valence-corrected chi connectivity index (χ0v) is 13.4. The molecule has 0 radical (unpaired) electrons. The second-order valence-corrected chi connectivity index (χ2v) is 6.12. The number of ether oxygens (including phenoxy) is 1. The van der Waals surface area contributed by atoms with Crippen LogP contribution in [0.4, 0.5) is 0 Å². The fourth-order valence-electron chi connectivity index (χ4n) is 3.16. The topological polar surface area (TPSA) is 21.3 Å². The molecular weight excluding hydrogens is 246 g/mol. The van der Waals surface area contributed by atoms with E-state index in [4.69, 9.17) is 4.74 Å². The van der Waals surface area contributed by atoms with E-state index in [1.165, 1.54) is 31.2 Å². The Hall–Kier alpha value is -1.02. The van der Waals surface area contributed by atoms with Crippen LogP contribution in [-0.4, -0.2) is 13.2 Å². The van der Waals surface area contributed by atoms with Crippen LogP contribution in [0.5, 0.6) is 5.75 Å². The molecule has 1 saturated carbocycles. The van der Waals surface area contributed by atoms with E-state index in [-0.39, 0.29) is 0 Å². The Kier molecular flexibility index (Phi) is 5.47. The maximum Gasteiger partial charge on any atom is 0.118 e. The van der Waals surface area contributed by atoms with Crippen LogP contribution in [0.2, 0.25) is 0 Å². The highest BCUT2D eigenvalue weighted by Gasteiger charge is 2.33. The summed E-state index contributed by atoms with van der Waals surface area (Å²) in [5.74, 6) is 2.53. The van der Waals surface area contributed by atoms with Crippen LogP contribution < -0.4 is 10.1 Å². The Morgan fingerprint density at radius 1 is 1.15 bits per heavy atom. The molecular formula is C18H29NO. The average Bonchev–Trinajstić information content (AvgIpc) is 3.31. The molecule has 0 heterocycles. The number of benzene rings is 1. The van der Waals surface area contributed by atoms with Crippen molar-refractivity contribution >= 4 is 0 Å². The van der Waals surface area contributed by atoms with E-state index in [0.29, 0.717) is 12.1 Å². The van der Waals surface area contributed by atoms with E-state index in [2.05, 4.69) is 50.4 Å². The fourth-order valence-corrected chi connectivity index (χ4v) is 3.16. The molecule has 1 aliphatic carbocycles. The number of hydrogen-bond acceptors (Lipinski definition) is 2. The van der Waals surface area contributed by atoms with Crippen LogP contribution in [-0.2, 0) is 0 Å². The third-order valence-electron chi connectivity index (χ3n) is 4.77. The molecule has 0 saturated heterocycles. The predicted molar refractivity (Wildman–Crippen MR) is 85.1 cm³/mol. The highest BCUT2D eigenvalue weighted by molar-refractivity contribution is 5.30. The van der Waals surface area contributed by atoms with Gasteiger partial charge in [-0.1, -0.05) is 38.8 Å². The minimum atomic E-state index is 0.511. The SMILES string of the molecule is CCC(CC)C(C)NC(c1ccc(OC)cc1)C1CC1. The molecule has 1 N–H and O–H groups in total. The van der Waals surface area contributed by atoms with Crippen molar-refractivity contribution < 1.29 is 4.74 Å². The summed E-state index contributed by atoms with van der Waals surface area (Å²) in [7, 11) is 1.72. The van der Waals surface area contributed by atoms with Gasteiger partial charge in [-0.15, -0.1) is 0 Å². The summed E-state index contributed by atoms with van der Waals surface area (Å²) >= 11 is 0. The zero-order chi connectivity index (χ0) is 14.5. The minimum Gasteiger partial charge on any atom is -0.497 e. The summed E-state index contributed by atoms with van der Waals surface area (Å²) in [6.07, 6.45) is 5.23. The second kappa shape index (κ2) is 7.12. The molecule has 0 amide bonds. The summed E-state index contributed by atoms with van der Waals surface area (Å²) in [6, 6.07) is 9.68. The van der Waals surface area contributed by atoms with Gasteiger partial charge in [-0.3, -0.25) is 0 Å². The first kappa shape index (κ1) is 15.4. The lowest BCUT2D eigenvalue weighted by Crippen LogP contribution is -2.37. The molecule has 2 unspecified atom stereocenters. The molecule has 2 nitrogen and oxygen atoms in total. The summed E-state index contributed by atoms with van der Waals surface area (Å²) < 4.78 is 5.26. The predicted octanol–water partition coefficient (Wildman–Crippen LogP) is 4.56. The maximum absolute atomic E-state index is 5.26. The minimum absolute atomic E-state index is 0.511. The van der Waals surface area contributed by atoms with Crippen LogP contribution in [0.15, 0.2) is 24.3 Å². The van der Waals surface area contributed by atoms with Gasteiger partial charge in [0.15, 0.2) is 0 Å². The van der Waals surface area contributed by atoms with Crippen molar-refractivity contribution in [3.05, 3.63) is 29.8 Å². The lowest BCUT2D eigenvalue weighted by atomic mass is 9.93. The third kappa shape index (κ3) is 3.76. The van der Waals surface area contributed by atoms with Crippen molar-refractivity contribution in [1.29, 1.82) is 0 Å². The smallest absolute Gasteiger partial charge is 0.118 e. The van der Waals surface area contributed by atoms with Crippen molar-refractivity contribution in [3.63, 3.8) is 0 Å². The Bertz CT molecular complexity index is 392. The number of nitrogens with one attached hydrogen (secondary N) is 1. The lowest BCUT2D eigenvalue weighted by Gasteiger charge is -2.29. The summed E-state index contributed by atoms with van der Waals surface area (Å²) in [5, 5.41) is 3.89. The van der Waals surface area contributed by atoms with Gasteiger partial charge in [0.1, 0.15) is 5.75 Å². The van der Waals surface area contributed by atoms with Crippen LogP contribution in [0.25, 0.3) is 0 Å². The highest BCUT2D eigenvalue weighted by Crippen LogP contribution is 2.42. The van der Waals surface area contributed by atoms with Crippen LogP contribution in [0.1, 0.15) is 58.1 Å². The van der Waals surface area contributed by atoms with E-state index in [9.17, 15) is 0 Å². The lowest BCUT2D eigenvalue weighted by molar-refractivity contribution is 0.308. The van der Waals surface area contributed by atoms with Gasteiger partial charge in [0.2, 0.25) is 0 Å². The molecule has 20 heavy (non-hydrogen) atoms. The molecule has 2 rings (SSSR count). The monoisotopic (exact) mass is 275 g/mol. The Morgan fingerprint density at radius 3 is 2.20 bits per heavy atom. The first-order valence-electron chi connectivity index (χ1n) is 8.09. The standard InChI is InChI=1S/C18H29NO/c1-5-14(6-2)13(3)19-18(15-7-8-15)16-9-11-17(20-4)12-10-16/h9-15,18-19H,5-8H2,1-4H3. The summed E-state index contributed by atoms with van der Waals surface area (Å²) in [6.45, 7) is 6.94. The Morgan fingerprint density at radius 2 is 1.75 bits per heavy atom. The molecule has 1 aromatic carbocycles. The van der Waals surface area contributed by atoms with Gasteiger partial charge in [0, 0.05) is 12.1 Å². The highest BCUT2D eigenvalue weighted by atomic mass is 16.5. The van der Waals surface area contributed by atoms with E-state index in [1.807, 2.05) is 0 Å². The average molecular weight is 275 g/mol. The van der Waals surface area contributed by atoms with Crippen molar-refractivity contribution in [1.82, 2.24) is 5.32 Å². The van der Waals surface area contributed by atoms with Gasteiger partial charge in [0.05, 0.1) is 7.11 Å². The van der Waals surface area contributed by atoms with Gasteiger partial charge >= 0.3 is 0 Å². The van der Waals surface area contributed by atoms with E-state index in [1.54, 1.807) is 7.11 Å². The van der Waals surface area contributed by atoms with Gasteiger partial charge in [-0.2, -0.15) is 0 Å². The van der Waals surface area contributed by atoms with Gasteiger partial charge in [0.25, 0.3) is 0 Å². The van der Waals surface area contributed by atoms with E-state index < -0.39 is 0 Å². The molecule has 0 aliphatic heterocycles. The second-order valence-electron chi connectivity index (χ2n) is 6.12. The van der Waals surface area contributed by atoms with Crippen molar-refractivity contribution in [2.45, 2.75) is 58.5 Å². The van der Waals surface area contributed by atoms with E-state index >= 15 is 0 Å². The summed E-state index contributed by atoms with van der Waals surface area (Å²) in [4.78, 5) is 0. The fraction of sp³-hybridized carbons (Fsp3) is 0.667. The number of hydrogen-bond donors (Lipinski definition) is 1. The molecule has 0 bridgehead atoms. The quantitative estimate of drug-likeness (QED) is 0.751. The molecule has 0 aromatic heterocycles. The molecule has 0 spiro atoms. The van der Waals surface area contributed by atoms with Crippen molar-refractivity contribution in [3.8, 4) is 5.75 Å². The molecule has 2 atom stereocenters. The van der Waals surface area contributed by atoms with E-state index in [0.717, 1.165) is 17.6 Å². The molecule has 112 valence electrons. The first-order chi connectivity index (χ1) is 9.69. The number of methoxy groups -OCH3 is 1. The molecule has 1 aliphatic rings. The summed E-state index contributed by atoms with van der Waals surface area (Å²) in [5.41, 5.74) is 1.41. The van der Waals surface area contributed by atoms with Gasteiger partial charge < -0.3 is 10.1 Å². The van der Waals surface area contributed by atoms with Crippen LogP contribution in [0, 0.1) is 11.8 Å². The number of rotatable bonds is 8. The van der Waals surface area contributed by atoms with Crippen molar-refractivity contribution in [2.24, 2.45) is 11.8 Å². The van der Waals surface area contributed by atoms with Crippen molar-refractivity contribution in [2.75, 3.05) is 7.11 Å². The van der Waals surface area contributed by atoms with Crippen LogP contribution in [0.3, 0.4) is 0 Å². The normalized spacial score (nSPS) is 18.1. The molecule has 2 heteroatoms. The van der Waals surface area contributed by atoms with Gasteiger partial charge in [-0.25, -0.2) is 0 Å².